The van der Waals surface area contributed by atoms with Crippen molar-refractivity contribution >= 4 is 16.8 Å². The predicted octanol–water partition coefficient (Wildman–Crippen LogP) is 1.99. The number of morpholine rings is 1. The Hall–Kier alpha value is -2.02. The Balaban J connectivity index is 1.61. The van der Waals surface area contributed by atoms with Gasteiger partial charge in [-0.3, -0.25) is 14.7 Å². The molecule has 0 unspecified atom stereocenters. The van der Waals surface area contributed by atoms with Crippen LogP contribution in [-0.4, -0.2) is 67.4 Å². The molecule has 0 aliphatic carbocycles. The van der Waals surface area contributed by atoms with Gasteiger partial charge in [0.1, 0.15) is 0 Å². The zero-order chi connectivity index (χ0) is 19.0. The average Bonchev–Trinajstić information content (AvgIpc) is 3.10. The molecule has 2 aromatic rings. The Morgan fingerprint density at radius 3 is 2.67 bits per heavy atom. The number of fused-ring (bicyclic) bond motifs is 1. The second kappa shape index (κ2) is 7.54. The van der Waals surface area contributed by atoms with Gasteiger partial charge in [-0.25, -0.2) is 0 Å². The molecule has 2 aliphatic heterocycles. The summed E-state index contributed by atoms with van der Waals surface area (Å²) >= 11 is 0. The number of benzene rings is 1. The topological polar surface area (TPSA) is 63.7 Å². The van der Waals surface area contributed by atoms with Crippen LogP contribution in [0.2, 0.25) is 0 Å². The maximum absolute atomic E-state index is 13.2. The van der Waals surface area contributed by atoms with E-state index in [4.69, 9.17) is 9.47 Å². The average molecular weight is 369 g/mol. The Morgan fingerprint density at radius 1 is 1.11 bits per heavy atom. The highest BCUT2D eigenvalue weighted by molar-refractivity contribution is 6.07. The Bertz CT molecular complexity index is 861. The van der Waals surface area contributed by atoms with E-state index in [2.05, 4.69) is 21.3 Å². The van der Waals surface area contributed by atoms with Gasteiger partial charge in [-0.2, -0.15) is 0 Å². The quantitative estimate of drug-likeness (QED) is 0.896. The van der Waals surface area contributed by atoms with E-state index >= 15 is 0 Å². The number of amides is 1. The molecule has 3 heterocycles. The number of pyridine rings is 1. The van der Waals surface area contributed by atoms with Crippen molar-refractivity contribution in [3.8, 4) is 0 Å². The zero-order valence-electron chi connectivity index (χ0n) is 16.2. The van der Waals surface area contributed by atoms with Gasteiger partial charge in [0.05, 0.1) is 49.6 Å². The number of nitrogens with zero attached hydrogens (tertiary/aromatic N) is 2. The first kappa shape index (κ1) is 18.3. The molecular formula is C21H27N3O3. The summed E-state index contributed by atoms with van der Waals surface area (Å²) in [6, 6.07) is 6.24. The largest absolute Gasteiger partial charge is 0.379 e. The van der Waals surface area contributed by atoms with Crippen molar-refractivity contribution in [3.63, 3.8) is 0 Å². The molecule has 6 nitrogen and oxygen atoms in total. The van der Waals surface area contributed by atoms with E-state index in [9.17, 15) is 4.79 Å². The van der Waals surface area contributed by atoms with Crippen LogP contribution in [0.25, 0.3) is 10.9 Å². The van der Waals surface area contributed by atoms with Gasteiger partial charge >= 0.3 is 0 Å². The summed E-state index contributed by atoms with van der Waals surface area (Å²) in [6.45, 7) is 10.5. The van der Waals surface area contributed by atoms with Crippen molar-refractivity contribution in [2.24, 2.45) is 0 Å². The van der Waals surface area contributed by atoms with E-state index in [1.54, 1.807) is 0 Å². The third kappa shape index (κ3) is 3.70. The fraction of sp³-hybridized carbons (Fsp3) is 0.524. The lowest BCUT2D eigenvalue weighted by Crippen LogP contribution is -2.54. The van der Waals surface area contributed by atoms with E-state index in [-0.39, 0.29) is 18.0 Å². The summed E-state index contributed by atoms with van der Waals surface area (Å²) < 4.78 is 11.2. The lowest BCUT2D eigenvalue weighted by molar-refractivity contribution is 0.0108. The minimum absolute atomic E-state index is 0.00923. The minimum Gasteiger partial charge on any atom is -0.379 e. The third-order valence-electron chi connectivity index (χ3n) is 5.50. The molecule has 2 atom stereocenters. The van der Waals surface area contributed by atoms with Gasteiger partial charge in [-0.05, 0) is 38.5 Å². The number of carbonyl (C=O) groups is 1. The molecular weight excluding hydrogens is 342 g/mol. The summed E-state index contributed by atoms with van der Waals surface area (Å²) in [7, 11) is 0. The van der Waals surface area contributed by atoms with Crippen molar-refractivity contribution in [2.75, 3.05) is 39.5 Å². The lowest BCUT2D eigenvalue weighted by Gasteiger charge is -2.34. The van der Waals surface area contributed by atoms with Crippen LogP contribution in [-0.2, 0) is 9.47 Å². The minimum atomic E-state index is -0.0516. The Labute approximate surface area is 159 Å². The Kier molecular flexibility index (Phi) is 5.12. The highest BCUT2D eigenvalue weighted by Crippen LogP contribution is 2.24. The molecule has 27 heavy (non-hydrogen) atoms. The van der Waals surface area contributed by atoms with Crippen LogP contribution in [0, 0.1) is 20.8 Å². The maximum Gasteiger partial charge on any atom is 0.252 e. The molecule has 2 fully saturated rings. The fourth-order valence-electron chi connectivity index (χ4n) is 4.19. The number of aromatic nitrogens is 1. The molecule has 144 valence electrons. The molecule has 1 aromatic carbocycles. The van der Waals surface area contributed by atoms with Crippen LogP contribution in [0.4, 0.5) is 0 Å². The molecule has 2 aliphatic rings. The summed E-state index contributed by atoms with van der Waals surface area (Å²) in [6.07, 6.45) is 0. The van der Waals surface area contributed by atoms with E-state index in [0.29, 0.717) is 18.8 Å². The monoisotopic (exact) mass is 369 g/mol. The first-order valence-corrected chi connectivity index (χ1v) is 9.62. The van der Waals surface area contributed by atoms with Gasteiger partial charge in [-0.15, -0.1) is 0 Å². The first-order chi connectivity index (χ1) is 13.0. The van der Waals surface area contributed by atoms with Gasteiger partial charge in [-0.1, -0.05) is 11.6 Å². The van der Waals surface area contributed by atoms with Crippen LogP contribution < -0.4 is 5.32 Å². The number of carbonyl (C=O) groups excluding carboxylic acids is 1. The number of aryl methyl sites for hydroxylation is 3. The number of ether oxygens (including phenoxy) is 2. The molecule has 6 heteroatoms. The van der Waals surface area contributed by atoms with Gasteiger partial charge in [0.25, 0.3) is 5.91 Å². The number of nitrogens with one attached hydrogen (secondary N) is 1. The molecule has 2 saturated heterocycles. The van der Waals surface area contributed by atoms with Crippen LogP contribution in [0.15, 0.2) is 18.2 Å². The van der Waals surface area contributed by atoms with Crippen molar-refractivity contribution in [2.45, 2.75) is 32.9 Å². The van der Waals surface area contributed by atoms with Gasteiger partial charge in [0, 0.05) is 24.2 Å². The predicted molar refractivity (Wildman–Crippen MR) is 104 cm³/mol. The number of hydrogen-bond acceptors (Lipinski definition) is 5. The highest BCUT2D eigenvalue weighted by Gasteiger charge is 2.35. The molecule has 0 radical (unpaired) electrons. The SMILES string of the molecule is Cc1cc(C)c2nc(C)cc(C(=O)N[C@@H]3COC[C@H]3N3CCOCC3)c2c1. The van der Waals surface area contributed by atoms with E-state index < -0.39 is 0 Å². The van der Waals surface area contributed by atoms with Crippen LogP contribution >= 0.6 is 0 Å². The molecule has 4 rings (SSSR count). The number of rotatable bonds is 3. The molecule has 1 aromatic heterocycles. The summed E-state index contributed by atoms with van der Waals surface area (Å²) in [5, 5.41) is 4.14. The fourth-order valence-corrected chi connectivity index (χ4v) is 4.19. The molecule has 1 amide bonds. The van der Waals surface area contributed by atoms with Gasteiger partial charge in [0.2, 0.25) is 0 Å². The van der Waals surface area contributed by atoms with Crippen molar-refractivity contribution < 1.29 is 14.3 Å². The van der Waals surface area contributed by atoms with Crippen LogP contribution in [0.1, 0.15) is 27.2 Å². The summed E-state index contributed by atoms with van der Waals surface area (Å²) in [5.41, 5.74) is 4.68. The van der Waals surface area contributed by atoms with Gasteiger partial charge < -0.3 is 14.8 Å². The van der Waals surface area contributed by atoms with E-state index in [0.717, 1.165) is 54.0 Å². The Morgan fingerprint density at radius 2 is 1.89 bits per heavy atom. The van der Waals surface area contributed by atoms with E-state index in [1.165, 1.54) is 0 Å². The lowest BCUT2D eigenvalue weighted by atomic mass is 10.0. The number of hydrogen-bond donors (Lipinski definition) is 1. The van der Waals surface area contributed by atoms with Crippen molar-refractivity contribution in [1.82, 2.24) is 15.2 Å². The first-order valence-electron chi connectivity index (χ1n) is 9.62. The van der Waals surface area contributed by atoms with Crippen molar-refractivity contribution in [1.29, 1.82) is 0 Å². The molecule has 0 spiro atoms. The van der Waals surface area contributed by atoms with Crippen LogP contribution in [0.3, 0.4) is 0 Å². The smallest absolute Gasteiger partial charge is 0.252 e. The second-order valence-corrected chi connectivity index (χ2v) is 7.62. The van der Waals surface area contributed by atoms with Crippen molar-refractivity contribution in [3.05, 3.63) is 40.6 Å². The normalized spacial score (nSPS) is 23.7. The maximum atomic E-state index is 13.2. The zero-order valence-corrected chi connectivity index (χ0v) is 16.2. The second-order valence-electron chi connectivity index (χ2n) is 7.62. The molecule has 0 saturated carbocycles. The third-order valence-corrected chi connectivity index (χ3v) is 5.50. The standard InChI is InChI=1S/C21H27N3O3/c1-13-8-14(2)20-16(9-13)17(10-15(3)22-20)21(25)23-18-11-27-12-19(18)24-4-6-26-7-5-24/h8-10,18-19H,4-7,11-12H2,1-3H3,(H,23,25)/t18-,19-/m1/s1. The summed E-state index contributed by atoms with van der Waals surface area (Å²) in [4.78, 5) is 20.2. The van der Waals surface area contributed by atoms with E-state index in [1.807, 2.05) is 32.9 Å². The molecule has 1 N–H and O–H groups in total. The highest BCUT2D eigenvalue weighted by atomic mass is 16.5. The molecule has 0 bridgehead atoms. The van der Waals surface area contributed by atoms with Crippen LogP contribution in [0.5, 0.6) is 0 Å². The van der Waals surface area contributed by atoms with Gasteiger partial charge in [0.15, 0.2) is 0 Å². The summed E-state index contributed by atoms with van der Waals surface area (Å²) in [5.74, 6) is -0.0516.